The molecule has 30 heavy (non-hydrogen) atoms. The quantitative estimate of drug-likeness (QED) is 0.731. The van der Waals surface area contributed by atoms with Crippen LogP contribution >= 0.6 is 22.9 Å². The van der Waals surface area contributed by atoms with Crippen molar-refractivity contribution in [3.05, 3.63) is 40.4 Å². The molecule has 1 aromatic carbocycles. The third kappa shape index (κ3) is 5.23. The molecule has 2 aliphatic rings. The first kappa shape index (κ1) is 20.9. The Hall–Kier alpha value is -2.32. The molecule has 0 atom stereocenters. The number of benzene rings is 1. The number of piperazine rings is 1. The van der Waals surface area contributed by atoms with Crippen molar-refractivity contribution in [1.29, 1.82) is 0 Å². The monoisotopic (exact) mass is 447 g/mol. The standard InChI is InChI=1S/C21H26ClN5O2S/c22-17-7-3-4-8-18(17)26-9-11-27(12-10-26)19(28)13-16-14-30-21(24-16)25-20(29)23-15-5-1-2-6-15/h3-4,7-8,14-15H,1-2,5-6,9-13H2,(H2,23,24,25,29). The molecular weight excluding hydrogens is 422 g/mol. The van der Waals surface area contributed by atoms with Gasteiger partial charge < -0.3 is 15.1 Å². The first-order valence-electron chi connectivity index (χ1n) is 10.4. The van der Waals surface area contributed by atoms with Crippen molar-refractivity contribution < 1.29 is 9.59 Å². The van der Waals surface area contributed by atoms with Gasteiger partial charge in [-0.1, -0.05) is 36.6 Å². The number of halogens is 1. The molecule has 2 aromatic rings. The van der Waals surface area contributed by atoms with E-state index in [0.717, 1.165) is 36.6 Å². The number of rotatable bonds is 5. The zero-order chi connectivity index (χ0) is 20.9. The van der Waals surface area contributed by atoms with E-state index in [1.54, 1.807) is 0 Å². The van der Waals surface area contributed by atoms with Crippen LogP contribution in [-0.2, 0) is 11.2 Å². The smallest absolute Gasteiger partial charge is 0.321 e. The van der Waals surface area contributed by atoms with Gasteiger partial charge >= 0.3 is 6.03 Å². The zero-order valence-corrected chi connectivity index (χ0v) is 18.3. The Morgan fingerprint density at radius 3 is 2.60 bits per heavy atom. The molecule has 1 aliphatic heterocycles. The van der Waals surface area contributed by atoms with E-state index in [4.69, 9.17) is 11.6 Å². The van der Waals surface area contributed by atoms with Crippen molar-refractivity contribution in [2.75, 3.05) is 36.4 Å². The molecular formula is C21H26ClN5O2S. The summed E-state index contributed by atoms with van der Waals surface area (Å²) >= 11 is 7.63. The van der Waals surface area contributed by atoms with Crippen molar-refractivity contribution >= 4 is 45.7 Å². The van der Waals surface area contributed by atoms with E-state index < -0.39 is 0 Å². The Morgan fingerprint density at radius 1 is 1.13 bits per heavy atom. The van der Waals surface area contributed by atoms with Gasteiger partial charge in [-0.05, 0) is 25.0 Å². The van der Waals surface area contributed by atoms with Gasteiger partial charge in [0, 0.05) is 37.6 Å². The second-order valence-electron chi connectivity index (χ2n) is 7.72. The summed E-state index contributed by atoms with van der Waals surface area (Å²) < 4.78 is 0. The maximum absolute atomic E-state index is 12.7. The molecule has 0 radical (unpaired) electrons. The fourth-order valence-electron chi connectivity index (χ4n) is 4.01. The van der Waals surface area contributed by atoms with Gasteiger partial charge in [-0.2, -0.15) is 0 Å². The number of nitrogens with one attached hydrogen (secondary N) is 2. The van der Waals surface area contributed by atoms with Gasteiger partial charge in [0.2, 0.25) is 5.91 Å². The van der Waals surface area contributed by atoms with Crippen LogP contribution in [0.15, 0.2) is 29.6 Å². The topological polar surface area (TPSA) is 77.6 Å². The number of thiazole rings is 1. The summed E-state index contributed by atoms with van der Waals surface area (Å²) in [7, 11) is 0. The number of urea groups is 1. The Morgan fingerprint density at radius 2 is 1.87 bits per heavy atom. The molecule has 1 saturated carbocycles. The predicted molar refractivity (Wildman–Crippen MR) is 120 cm³/mol. The van der Waals surface area contributed by atoms with Crippen molar-refractivity contribution in [1.82, 2.24) is 15.2 Å². The van der Waals surface area contributed by atoms with Gasteiger partial charge in [-0.3, -0.25) is 10.1 Å². The minimum Gasteiger partial charge on any atom is -0.367 e. The average Bonchev–Trinajstić information content (AvgIpc) is 3.40. The number of carbonyl (C=O) groups is 2. The number of para-hydroxylation sites is 1. The molecule has 4 rings (SSSR count). The van der Waals surface area contributed by atoms with Crippen LogP contribution in [-0.4, -0.2) is 54.0 Å². The van der Waals surface area contributed by atoms with Crippen molar-refractivity contribution in [2.24, 2.45) is 0 Å². The third-order valence-corrected chi connectivity index (χ3v) is 6.75. The summed E-state index contributed by atoms with van der Waals surface area (Å²) in [5, 5.41) is 8.86. The lowest BCUT2D eigenvalue weighted by Crippen LogP contribution is -2.49. The van der Waals surface area contributed by atoms with Gasteiger partial charge in [0.05, 0.1) is 22.8 Å². The zero-order valence-electron chi connectivity index (χ0n) is 16.8. The minimum absolute atomic E-state index is 0.0565. The van der Waals surface area contributed by atoms with Crippen LogP contribution in [0.5, 0.6) is 0 Å². The van der Waals surface area contributed by atoms with Gasteiger partial charge in [0.15, 0.2) is 5.13 Å². The molecule has 2 fully saturated rings. The Labute approximate surface area is 185 Å². The number of amides is 3. The molecule has 0 bridgehead atoms. The van der Waals surface area contributed by atoms with E-state index in [2.05, 4.69) is 20.5 Å². The first-order valence-corrected chi connectivity index (χ1v) is 11.6. The predicted octanol–water partition coefficient (Wildman–Crippen LogP) is 3.75. The maximum atomic E-state index is 12.7. The summed E-state index contributed by atoms with van der Waals surface area (Å²) in [6.45, 7) is 2.81. The molecule has 1 aliphatic carbocycles. The normalized spacial score (nSPS) is 17.2. The van der Waals surface area contributed by atoms with Gasteiger partial charge in [0.25, 0.3) is 0 Å². The number of carbonyl (C=O) groups excluding carboxylic acids is 2. The Kier molecular flexibility index (Phi) is 6.74. The molecule has 2 heterocycles. The van der Waals surface area contributed by atoms with Gasteiger partial charge in [0.1, 0.15) is 0 Å². The van der Waals surface area contributed by atoms with Crippen molar-refractivity contribution in [2.45, 2.75) is 38.1 Å². The van der Waals surface area contributed by atoms with E-state index in [-0.39, 0.29) is 24.4 Å². The number of anilines is 2. The number of nitrogens with zero attached hydrogens (tertiary/aromatic N) is 3. The van der Waals surface area contributed by atoms with E-state index in [0.29, 0.717) is 23.9 Å². The highest BCUT2D eigenvalue weighted by Gasteiger charge is 2.23. The minimum atomic E-state index is -0.218. The Balaban J connectivity index is 1.24. The first-order chi connectivity index (χ1) is 14.6. The summed E-state index contributed by atoms with van der Waals surface area (Å²) in [5.41, 5.74) is 1.70. The van der Waals surface area contributed by atoms with Crippen molar-refractivity contribution in [3.63, 3.8) is 0 Å². The van der Waals surface area contributed by atoms with E-state index in [1.165, 1.54) is 24.2 Å². The molecule has 1 saturated heterocycles. The third-order valence-electron chi connectivity index (χ3n) is 5.62. The summed E-state index contributed by atoms with van der Waals surface area (Å²) in [5.74, 6) is 0.0565. The summed E-state index contributed by atoms with van der Waals surface area (Å²) in [4.78, 5) is 33.2. The number of hydrogen-bond acceptors (Lipinski definition) is 5. The largest absolute Gasteiger partial charge is 0.367 e. The highest BCUT2D eigenvalue weighted by Crippen LogP contribution is 2.26. The van der Waals surface area contributed by atoms with Gasteiger partial charge in [-0.15, -0.1) is 11.3 Å². The molecule has 7 nitrogen and oxygen atoms in total. The van der Waals surface area contributed by atoms with E-state index >= 15 is 0 Å². The van der Waals surface area contributed by atoms with E-state index in [1.807, 2.05) is 34.5 Å². The van der Waals surface area contributed by atoms with Crippen LogP contribution < -0.4 is 15.5 Å². The lowest BCUT2D eigenvalue weighted by molar-refractivity contribution is -0.130. The highest BCUT2D eigenvalue weighted by atomic mass is 35.5. The lowest BCUT2D eigenvalue weighted by Gasteiger charge is -2.36. The van der Waals surface area contributed by atoms with Crippen LogP contribution in [0.3, 0.4) is 0 Å². The fraction of sp³-hybridized carbons (Fsp3) is 0.476. The van der Waals surface area contributed by atoms with Crippen molar-refractivity contribution in [3.8, 4) is 0 Å². The van der Waals surface area contributed by atoms with Crippen LogP contribution in [0, 0.1) is 0 Å². The highest BCUT2D eigenvalue weighted by molar-refractivity contribution is 7.13. The summed E-state index contributed by atoms with van der Waals surface area (Å²) in [6, 6.07) is 7.82. The number of hydrogen-bond donors (Lipinski definition) is 2. The second-order valence-corrected chi connectivity index (χ2v) is 8.99. The molecule has 2 N–H and O–H groups in total. The van der Waals surface area contributed by atoms with Crippen LogP contribution in [0.25, 0.3) is 0 Å². The SMILES string of the molecule is O=C(Nc1nc(CC(=O)N2CCN(c3ccccc3Cl)CC2)cs1)NC1CCCC1. The molecule has 1 aromatic heterocycles. The molecule has 0 spiro atoms. The summed E-state index contributed by atoms with van der Waals surface area (Å²) in [6.07, 6.45) is 4.65. The molecule has 0 unspecified atom stereocenters. The molecule has 9 heteroatoms. The lowest BCUT2D eigenvalue weighted by atomic mass is 10.2. The average molecular weight is 448 g/mol. The van der Waals surface area contributed by atoms with E-state index in [9.17, 15) is 9.59 Å². The van der Waals surface area contributed by atoms with Crippen LogP contribution in [0.1, 0.15) is 31.4 Å². The Bertz CT molecular complexity index is 891. The molecule has 3 amide bonds. The van der Waals surface area contributed by atoms with Crippen LogP contribution in [0.4, 0.5) is 15.6 Å². The number of aromatic nitrogens is 1. The van der Waals surface area contributed by atoms with Crippen LogP contribution in [0.2, 0.25) is 5.02 Å². The molecule has 160 valence electrons. The second kappa shape index (κ2) is 9.66. The van der Waals surface area contributed by atoms with Gasteiger partial charge in [-0.25, -0.2) is 9.78 Å². The maximum Gasteiger partial charge on any atom is 0.321 e. The fourth-order valence-corrected chi connectivity index (χ4v) is 4.97.